The first-order valence-electron chi connectivity index (χ1n) is 9.21. The number of anilines is 2. The SMILES string of the molecule is CC(=O)c1ccc(N2CCN(C(C)C(=O)Nc3cccc(Br)c3)CC2)c(F)c1. The normalized spacial score (nSPS) is 15.9. The van der Waals surface area contributed by atoms with Gasteiger partial charge in [0.05, 0.1) is 11.7 Å². The highest BCUT2D eigenvalue weighted by molar-refractivity contribution is 9.10. The Kier molecular flexibility index (Phi) is 6.46. The molecule has 28 heavy (non-hydrogen) atoms. The van der Waals surface area contributed by atoms with Crippen molar-refractivity contribution in [1.29, 1.82) is 0 Å². The summed E-state index contributed by atoms with van der Waals surface area (Å²) in [5.41, 5.74) is 1.62. The molecule has 1 heterocycles. The summed E-state index contributed by atoms with van der Waals surface area (Å²) in [6.45, 7) is 5.84. The highest BCUT2D eigenvalue weighted by atomic mass is 79.9. The highest BCUT2D eigenvalue weighted by Crippen LogP contribution is 2.23. The molecule has 7 heteroatoms. The lowest BCUT2D eigenvalue weighted by molar-refractivity contribution is -0.120. The minimum atomic E-state index is -0.387. The van der Waals surface area contributed by atoms with Crippen LogP contribution in [0.3, 0.4) is 0 Å². The first kappa shape index (κ1) is 20.5. The largest absolute Gasteiger partial charge is 0.367 e. The molecule has 0 aliphatic carbocycles. The highest BCUT2D eigenvalue weighted by Gasteiger charge is 2.26. The topological polar surface area (TPSA) is 52.7 Å². The van der Waals surface area contributed by atoms with Crippen molar-refractivity contribution < 1.29 is 14.0 Å². The quantitative estimate of drug-likeness (QED) is 0.705. The van der Waals surface area contributed by atoms with E-state index in [-0.39, 0.29) is 23.5 Å². The Labute approximate surface area is 172 Å². The van der Waals surface area contributed by atoms with E-state index in [1.807, 2.05) is 36.1 Å². The number of Topliss-reactive ketones (excluding diaryl/α,β-unsaturated/α-hetero) is 1. The van der Waals surface area contributed by atoms with Gasteiger partial charge in [-0.2, -0.15) is 0 Å². The van der Waals surface area contributed by atoms with E-state index in [0.717, 1.165) is 10.2 Å². The van der Waals surface area contributed by atoms with E-state index >= 15 is 0 Å². The molecule has 2 aromatic carbocycles. The molecule has 5 nitrogen and oxygen atoms in total. The molecule has 2 aromatic rings. The van der Waals surface area contributed by atoms with Gasteiger partial charge in [0.2, 0.25) is 5.91 Å². The number of hydrogen-bond donors (Lipinski definition) is 1. The maximum atomic E-state index is 14.4. The Hall–Kier alpha value is -2.25. The van der Waals surface area contributed by atoms with Crippen molar-refractivity contribution >= 4 is 39.0 Å². The Balaban J connectivity index is 1.58. The predicted octanol–water partition coefficient (Wildman–Crippen LogP) is 3.94. The fourth-order valence-electron chi connectivity index (χ4n) is 3.31. The van der Waals surface area contributed by atoms with Crippen LogP contribution in [-0.4, -0.2) is 48.8 Å². The number of amides is 1. The third-order valence-corrected chi connectivity index (χ3v) is 5.52. The molecule has 148 valence electrons. The van der Waals surface area contributed by atoms with Gasteiger partial charge >= 0.3 is 0 Å². The maximum Gasteiger partial charge on any atom is 0.241 e. The van der Waals surface area contributed by atoms with Crippen LogP contribution >= 0.6 is 15.9 Å². The summed E-state index contributed by atoms with van der Waals surface area (Å²) in [6, 6.07) is 11.8. The van der Waals surface area contributed by atoms with Crippen molar-refractivity contribution in [2.75, 3.05) is 36.4 Å². The monoisotopic (exact) mass is 447 g/mol. The smallest absolute Gasteiger partial charge is 0.241 e. The number of carbonyl (C=O) groups excluding carboxylic acids is 2. The third-order valence-electron chi connectivity index (χ3n) is 5.03. The average Bonchev–Trinajstić information content (AvgIpc) is 2.67. The van der Waals surface area contributed by atoms with Crippen molar-refractivity contribution in [3.8, 4) is 0 Å². The van der Waals surface area contributed by atoms with Gasteiger partial charge in [-0.05, 0) is 50.2 Å². The molecule has 1 unspecified atom stereocenters. The lowest BCUT2D eigenvalue weighted by Crippen LogP contribution is -2.53. The second-order valence-corrected chi connectivity index (χ2v) is 7.84. The summed E-state index contributed by atoms with van der Waals surface area (Å²) >= 11 is 3.40. The van der Waals surface area contributed by atoms with Gasteiger partial charge in [-0.1, -0.05) is 22.0 Å². The molecule has 1 fully saturated rings. The van der Waals surface area contributed by atoms with Crippen LogP contribution in [0, 0.1) is 5.82 Å². The van der Waals surface area contributed by atoms with Gasteiger partial charge in [0.1, 0.15) is 5.82 Å². The number of benzene rings is 2. The Morgan fingerprint density at radius 2 is 1.82 bits per heavy atom. The van der Waals surface area contributed by atoms with E-state index in [1.54, 1.807) is 12.1 Å². The van der Waals surface area contributed by atoms with E-state index in [2.05, 4.69) is 26.1 Å². The van der Waals surface area contributed by atoms with Crippen molar-refractivity contribution in [2.45, 2.75) is 19.9 Å². The van der Waals surface area contributed by atoms with Crippen molar-refractivity contribution in [1.82, 2.24) is 4.90 Å². The van der Waals surface area contributed by atoms with Gasteiger partial charge in [-0.3, -0.25) is 14.5 Å². The van der Waals surface area contributed by atoms with Crippen molar-refractivity contribution in [2.24, 2.45) is 0 Å². The second-order valence-electron chi connectivity index (χ2n) is 6.92. The lowest BCUT2D eigenvalue weighted by Gasteiger charge is -2.38. The van der Waals surface area contributed by atoms with E-state index < -0.39 is 0 Å². The van der Waals surface area contributed by atoms with Crippen LogP contribution in [-0.2, 0) is 4.79 Å². The zero-order valence-electron chi connectivity index (χ0n) is 15.9. The van der Waals surface area contributed by atoms with E-state index in [9.17, 15) is 14.0 Å². The van der Waals surface area contributed by atoms with Crippen molar-refractivity contribution in [3.05, 3.63) is 58.3 Å². The van der Waals surface area contributed by atoms with Crippen LogP contribution < -0.4 is 10.2 Å². The molecule has 1 saturated heterocycles. The van der Waals surface area contributed by atoms with Gasteiger partial charge < -0.3 is 10.2 Å². The first-order chi connectivity index (χ1) is 13.3. The van der Waals surface area contributed by atoms with E-state index in [0.29, 0.717) is 37.4 Å². The number of ketones is 1. The van der Waals surface area contributed by atoms with Gasteiger partial charge in [-0.15, -0.1) is 0 Å². The Morgan fingerprint density at radius 3 is 2.43 bits per heavy atom. The van der Waals surface area contributed by atoms with Crippen LogP contribution in [0.15, 0.2) is 46.9 Å². The number of carbonyl (C=O) groups is 2. The number of rotatable bonds is 5. The number of piperazine rings is 1. The van der Waals surface area contributed by atoms with Gasteiger partial charge in [0, 0.05) is 41.9 Å². The zero-order valence-corrected chi connectivity index (χ0v) is 17.5. The van der Waals surface area contributed by atoms with E-state index in [4.69, 9.17) is 0 Å². The maximum absolute atomic E-state index is 14.4. The Bertz CT molecular complexity index is 882. The van der Waals surface area contributed by atoms with Gasteiger partial charge in [-0.25, -0.2) is 4.39 Å². The zero-order chi connectivity index (χ0) is 20.3. The number of nitrogens with zero attached hydrogens (tertiary/aromatic N) is 2. The van der Waals surface area contributed by atoms with Crippen molar-refractivity contribution in [3.63, 3.8) is 0 Å². The lowest BCUT2D eigenvalue weighted by atomic mass is 10.1. The number of hydrogen-bond acceptors (Lipinski definition) is 4. The minimum Gasteiger partial charge on any atom is -0.367 e. The summed E-state index contributed by atoms with van der Waals surface area (Å²) in [6.07, 6.45) is 0. The van der Waals surface area contributed by atoms with Crippen LogP contribution in [0.1, 0.15) is 24.2 Å². The molecule has 0 aromatic heterocycles. The summed E-state index contributed by atoms with van der Waals surface area (Å²) in [5.74, 6) is -0.606. The number of nitrogens with one attached hydrogen (secondary N) is 1. The standard InChI is InChI=1S/C21H23BrFN3O2/c1-14(21(28)24-18-5-3-4-17(22)13-18)25-8-10-26(11-9-25)20-7-6-16(15(2)27)12-19(20)23/h3-7,12-14H,8-11H2,1-2H3,(H,24,28). The molecule has 1 atom stereocenters. The molecule has 1 amide bonds. The van der Waals surface area contributed by atoms with Crippen LogP contribution in [0.25, 0.3) is 0 Å². The molecule has 1 aliphatic rings. The molecular weight excluding hydrogens is 425 g/mol. The molecule has 1 aliphatic heterocycles. The Morgan fingerprint density at radius 1 is 1.11 bits per heavy atom. The molecule has 0 spiro atoms. The van der Waals surface area contributed by atoms with Crippen LogP contribution in [0.2, 0.25) is 0 Å². The summed E-state index contributed by atoms with van der Waals surface area (Å²) in [4.78, 5) is 28.0. The van der Waals surface area contributed by atoms with Crippen LogP contribution in [0.4, 0.5) is 15.8 Å². The molecule has 1 N–H and O–H groups in total. The van der Waals surface area contributed by atoms with Gasteiger partial charge in [0.15, 0.2) is 5.78 Å². The molecule has 0 radical (unpaired) electrons. The fourth-order valence-corrected chi connectivity index (χ4v) is 3.71. The minimum absolute atomic E-state index is 0.0662. The van der Waals surface area contributed by atoms with E-state index in [1.165, 1.54) is 13.0 Å². The fraction of sp³-hybridized carbons (Fsp3) is 0.333. The second kappa shape index (κ2) is 8.84. The summed E-state index contributed by atoms with van der Waals surface area (Å²) in [5, 5.41) is 2.93. The molecular formula is C21H23BrFN3O2. The molecule has 0 bridgehead atoms. The summed E-state index contributed by atoms with van der Waals surface area (Å²) < 4.78 is 15.3. The van der Waals surface area contributed by atoms with Crippen LogP contribution in [0.5, 0.6) is 0 Å². The molecule has 3 rings (SSSR count). The first-order valence-corrected chi connectivity index (χ1v) is 10.0. The predicted molar refractivity (Wildman–Crippen MR) is 112 cm³/mol. The summed E-state index contributed by atoms with van der Waals surface area (Å²) in [7, 11) is 0. The number of halogens is 2. The van der Waals surface area contributed by atoms with Gasteiger partial charge in [0.25, 0.3) is 0 Å². The average molecular weight is 448 g/mol. The third kappa shape index (κ3) is 4.77. The molecule has 0 saturated carbocycles.